The molecule has 0 unspecified atom stereocenters. The molecule has 2 fully saturated rings. The molecule has 1 heterocycles. The Morgan fingerprint density at radius 2 is 2.19 bits per heavy atom. The summed E-state index contributed by atoms with van der Waals surface area (Å²) in [5.41, 5.74) is 0.482. The van der Waals surface area contributed by atoms with Crippen molar-refractivity contribution in [2.75, 3.05) is 5.75 Å². The minimum absolute atomic E-state index is 0.0223. The molecule has 3 N–H and O–H groups in total. The molecule has 0 saturated heterocycles. The highest BCUT2D eigenvalue weighted by Gasteiger charge is 2.42. The van der Waals surface area contributed by atoms with E-state index in [1.54, 1.807) is 0 Å². The normalized spacial score (nSPS) is 24.6. The first kappa shape index (κ1) is 19.9. The number of amides is 3. The summed E-state index contributed by atoms with van der Waals surface area (Å²) in [6, 6.07) is 1.10. The molecule has 8 heteroatoms. The summed E-state index contributed by atoms with van der Waals surface area (Å²) in [7, 11) is 0. The highest BCUT2D eigenvalue weighted by atomic mass is 32.2. The van der Waals surface area contributed by atoms with E-state index in [0.29, 0.717) is 23.2 Å². The Morgan fingerprint density at radius 1 is 1.37 bits per heavy atom. The van der Waals surface area contributed by atoms with Gasteiger partial charge in [0.25, 0.3) is 5.56 Å². The van der Waals surface area contributed by atoms with E-state index in [1.165, 1.54) is 31.7 Å². The molecule has 27 heavy (non-hydrogen) atoms. The number of imide groups is 1. The highest BCUT2D eigenvalue weighted by molar-refractivity contribution is 7.99. The van der Waals surface area contributed by atoms with Crippen LogP contribution in [0.15, 0.2) is 16.0 Å². The van der Waals surface area contributed by atoms with Crippen LogP contribution >= 0.6 is 11.8 Å². The third-order valence-corrected chi connectivity index (χ3v) is 6.54. The maximum atomic E-state index is 12.1. The quantitative estimate of drug-likeness (QED) is 0.488. The Kier molecular flexibility index (Phi) is 6.57. The topological polar surface area (TPSA) is 104 Å². The molecule has 0 radical (unpaired) electrons. The van der Waals surface area contributed by atoms with Crippen molar-refractivity contribution in [2.24, 2.45) is 17.8 Å². The summed E-state index contributed by atoms with van der Waals surface area (Å²) in [6.07, 6.45) is 6.67. The van der Waals surface area contributed by atoms with Gasteiger partial charge in [-0.2, -0.15) is 0 Å². The van der Waals surface area contributed by atoms with E-state index in [2.05, 4.69) is 20.6 Å². The van der Waals surface area contributed by atoms with Crippen molar-refractivity contribution >= 4 is 23.7 Å². The minimum Gasteiger partial charge on any atom is -0.335 e. The number of nitrogens with zero attached hydrogens (tertiary/aromatic N) is 1. The lowest BCUT2D eigenvalue weighted by molar-refractivity contribution is -0.117. The number of aryl methyl sites for hydroxylation is 1. The fourth-order valence-electron chi connectivity index (χ4n) is 4.49. The standard InChI is InChI=1S/C19H28N4O3S/c1-3-4-14-9-16(24)23-19(21-14)27-10-17(25)22-18(26)20-11(2)15-8-12-5-6-13(15)7-12/h9,11-13,15H,3-8,10H2,1-2H3,(H,21,23,24)(H2,20,22,25,26)/t11-,12+,13+,15+/m0/s1. The average Bonchev–Trinajstić information content (AvgIpc) is 3.23. The van der Waals surface area contributed by atoms with Crippen LogP contribution in [0.2, 0.25) is 0 Å². The van der Waals surface area contributed by atoms with Crippen LogP contribution < -0.4 is 16.2 Å². The Morgan fingerprint density at radius 3 is 2.85 bits per heavy atom. The van der Waals surface area contributed by atoms with Gasteiger partial charge in [-0.3, -0.25) is 14.9 Å². The Balaban J connectivity index is 1.43. The van der Waals surface area contributed by atoms with Crippen molar-refractivity contribution in [3.63, 3.8) is 0 Å². The van der Waals surface area contributed by atoms with Gasteiger partial charge in [0, 0.05) is 17.8 Å². The van der Waals surface area contributed by atoms with Crippen molar-refractivity contribution in [3.05, 3.63) is 22.1 Å². The summed E-state index contributed by atoms with van der Waals surface area (Å²) in [5.74, 6) is 1.68. The van der Waals surface area contributed by atoms with E-state index in [4.69, 9.17) is 0 Å². The summed E-state index contributed by atoms with van der Waals surface area (Å²) >= 11 is 1.12. The van der Waals surface area contributed by atoms with Gasteiger partial charge >= 0.3 is 6.03 Å². The second kappa shape index (κ2) is 8.91. The van der Waals surface area contributed by atoms with Crippen molar-refractivity contribution in [3.8, 4) is 0 Å². The number of carbonyl (C=O) groups is 2. The van der Waals surface area contributed by atoms with Crippen LogP contribution in [-0.4, -0.2) is 33.7 Å². The van der Waals surface area contributed by atoms with E-state index in [-0.39, 0.29) is 17.4 Å². The number of hydrogen-bond acceptors (Lipinski definition) is 5. The number of aromatic nitrogens is 2. The Bertz CT molecular complexity index is 751. The predicted molar refractivity (Wildman–Crippen MR) is 105 cm³/mol. The van der Waals surface area contributed by atoms with Crippen LogP contribution in [0.3, 0.4) is 0 Å². The number of aromatic amines is 1. The van der Waals surface area contributed by atoms with Gasteiger partial charge in [-0.25, -0.2) is 9.78 Å². The van der Waals surface area contributed by atoms with Crippen LogP contribution in [-0.2, 0) is 11.2 Å². The highest BCUT2D eigenvalue weighted by Crippen LogP contribution is 2.49. The molecule has 0 aromatic carbocycles. The molecule has 2 bridgehead atoms. The maximum absolute atomic E-state index is 12.1. The van der Waals surface area contributed by atoms with Crippen molar-refractivity contribution in [2.45, 2.75) is 63.6 Å². The van der Waals surface area contributed by atoms with Crippen LogP contribution in [0.5, 0.6) is 0 Å². The molecule has 4 atom stereocenters. The van der Waals surface area contributed by atoms with E-state index < -0.39 is 11.9 Å². The molecule has 2 saturated carbocycles. The SMILES string of the molecule is CCCc1cc(=O)[nH]c(SCC(=O)NC(=O)N[C@@H](C)[C@H]2C[C@@H]3CC[C@@H]2C3)n1. The molecule has 0 aliphatic heterocycles. The first-order chi connectivity index (χ1) is 12.9. The smallest absolute Gasteiger partial charge is 0.321 e. The number of hydrogen-bond donors (Lipinski definition) is 3. The second-order valence-electron chi connectivity index (χ2n) is 7.73. The number of fused-ring (bicyclic) bond motifs is 2. The van der Waals surface area contributed by atoms with Gasteiger partial charge in [0.1, 0.15) is 0 Å². The Hall–Kier alpha value is -1.83. The monoisotopic (exact) mass is 392 g/mol. The lowest BCUT2D eigenvalue weighted by Gasteiger charge is -2.28. The van der Waals surface area contributed by atoms with Crippen LogP contribution in [0, 0.1) is 17.8 Å². The summed E-state index contributed by atoms with van der Waals surface area (Å²) < 4.78 is 0. The number of H-pyrrole nitrogens is 1. The fraction of sp³-hybridized carbons (Fsp3) is 0.684. The molecule has 1 aromatic rings. The van der Waals surface area contributed by atoms with Gasteiger partial charge in [-0.15, -0.1) is 0 Å². The summed E-state index contributed by atoms with van der Waals surface area (Å²) in [5, 5.41) is 5.69. The maximum Gasteiger partial charge on any atom is 0.321 e. The van der Waals surface area contributed by atoms with Gasteiger partial charge in [-0.1, -0.05) is 31.5 Å². The van der Waals surface area contributed by atoms with Crippen LogP contribution in [0.25, 0.3) is 0 Å². The minimum atomic E-state index is -0.447. The third-order valence-electron chi connectivity index (χ3n) is 5.67. The van der Waals surface area contributed by atoms with Crippen LogP contribution in [0.1, 0.15) is 51.6 Å². The van der Waals surface area contributed by atoms with E-state index in [9.17, 15) is 14.4 Å². The van der Waals surface area contributed by atoms with Gasteiger partial charge in [-0.05, 0) is 50.4 Å². The molecule has 3 rings (SSSR count). The van der Waals surface area contributed by atoms with E-state index in [1.807, 2.05) is 13.8 Å². The van der Waals surface area contributed by atoms with Crippen molar-refractivity contribution < 1.29 is 9.59 Å². The van der Waals surface area contributed by atoms with Gasteiger partial charge in [0.15, 0.2) is 5.16 Å². The van der Waals surface area contributed by atoms with Crippen molar-refractivity contribution in [1.29, 1.82) is 0 Å². The van der Waals surface area contributed by atoms with E-state index in [0.717, 1.165) is 30.0 Å². The third kappa shape index (κ3) is 5.34. The van der Waals surface area contributed by atoms with Crippen molar-refractivity contribution in [1.82, 2.24) is 20.6 Å². The first-order valence-electron chi connectivity index (χ1n) is 9.78. The van der Waals surface area contributed by atoms with Crippen LogP contribution in [0.4, 0.5) is 4.79 Å². The number of urea groups is 1. The number of thioether (sulfide) groups is 1. The lowest BCUT2D eigenvalue weighted by Crippen LogP contribution is -2.47. The predicted octanol–water partition coefficient (Wildman–Crippen LogP) is 2.46. The molecule has 148 valence electrons. The molecular weight excluding hydrogens is 364 g/mol. The zero-order valence-corrected chi connectivity index (χ0v) is 16.7. The summed E-state index contributed by atoms with van der Waals surface area (Å²) in [4.78, 5) is 42.7. The number of nitrogens with one attached hydrogen (secondary N) is 3. The lowest BCUT2D eigenvalue weighted by atomic mass is 9.84. The van der Waals surface area contributed by atoms with Gasteiger partial charge < -0.3 is 10.3 Å². The zero-order valence-electron chi connectivity index (χ0n) is 15.9. The second-order valence-corrected chi connectivity index (χ2v) is 8.69. The largest absolute Gasteiger partial charge is 0.335 e. The number of rotatable bonds is 7. The average molecular weight is 393 g/mol. The molecular formula is C19H28N4O3S. The van der Waals surface area contributed by atoms with E-state index >= 15 is 0 Å². The van der Waals surface area contributed by atoms with Gasteiger partial charge in [0.05, 0.1) is 5.75 Å². The molecule has 0 spiro atoms. The molecule has 7 nitrogen and oxygen atoms in total. The number of carbonyl (C=O) groups excluding carboxylic acids is 2. The molecule has 2 aliphatic rings. The summed E-state index contributed by atoms with van der Waals surface area (Å²) in [6.45, 7) is 4.04. The van der Waals surface area contributed by atoms with Gasteiger partial charge in [0.2, 0.25) is 5.91 Å². The fourth-order valence-corrected chi connectivity index (χ4v) is 5.18. The molecule has 2 aliphatic carbocycles. The molecule has 3 amide bonds. The zero-order chi connectivity index (χ0) is 19.4. The molecule has 1 aromatic heterocycles. The first-order valence-corrected chi connectivity index (χ1v) is 10.8. The Labute approximate surface area is 163 Å².